The molecule has 1 aromatic carbocycles. The third kappa shape index (κ3) is 2.73. The van der Waals surface area contributed by atoms with Crippen molar-refractivity contribution in [3.05, 3.63) is 40.1 Å². The fraction of sp³-hybridized carbons (Fsp3) is 0.231. The zero-order valence-corrected chi connectivity index (χ0v) is 12.4. The van der Waals surface area contributed by atoms with Gasteiger partial charge in [0.05, 0.1) is 11.5 Å². The third-order valence-electron chi connectivity index (χ3n) is 3.16. The topological polar surface area (TPSA) is 120 Å². The number of anilines is 2. The Morgan fingerprint density at radius 2 is 2.09 bits per heavy atom. The molecule has 0 radical (unpaired) electrons. The molecule has 0 amide bonds. The van der Waals surface area contributed by atoms with Crippen molar-refractivity contribution in [2.45, 2.75) is 13.8 Å². The predicted molar refractivity (Wildman–Crippen MR) is 80.9 cm³/mol. The van der Waals surface area contributed by atoms with E-state index >= 15 is 0 Å². The number of rotatable bonds is 5. The van der Waals surface area contributed by atoms with E-state index in [9.17, 15) is 10.1 Å². The van der Waals surface area contributed by atoms with Gasteiger partial charge < -0.3 is 10.1 Å². The zero-order valence-electron chi connectivity index (χ0n) is 12.4. The summed E-state index contributed by atoms with van der Waals surface area (Å²) in [5.74, 6) is 0.981. The predicted octanol–water partition coefficient (Wildman–Crippen LogP) is 1.88. The lowest BCUT2D eigenvalue weighted by Gasteiger charge is -2.09. The average molecular weight is 315 g/mol. The Balaban J connectivity index is 2.01. The molecule has 0 unspecified atom stereocenters. The number of nitrogens with zero attached hydrogens (tertiary/aromatic N) is 6. The van der Waals surface area contributed by atoms with Crippen LogP contribution >= 0.6 is 0 Å². The van der Waals surface area contributed by atoms with Gasteiger partial charge in [-0.15, -0.1) is 0 Å². The van der Waals surface area contributed by atoms with Crippen LogP contribution in [-0.2, 0) is 0 Å². The van der Waals surface area contributed by atoms with Crippen molar-refractivity contribution in [2.24, 2.45) is 0 Å². The molecule has 0 fully saturated rings. The molecule has 0 bridgehead atoms. The molecule has 0 saturated heterocycles. The Morgan fingerprint density at radius 3 is 2.74 bits per heavy atom. The summed E-state index contributed by atoms with van der Waals surface area (Å²) in [4.78, 5) is 15.0. The fourth-order valence-corrected chi connectivity index (χ4v) is 2.14. The van der Waals surface area contributed by atoms with Gasteiger partial charge in [0.25, 0.3) is 5.78 Å². The maximum Gasteiger partial charge on any atom is 0.332 e. The number of aromatic nitrogens is 5. The highest BCUT2D eigenvalue weighted by atomic mass is 16.6. The second-order valence-corrected chi connectivity index (χ2v) is 4.62. The molecule has 0 saturated carbocycles. The number of ether oxygens (including phenoxy) is 1. The molecule has 0 atom stereocenters. The minimum atomic E-state index is -0.514. The highest BCUT2D eigenvalue weighted by Gasteiger charge is 2.24. The largest absolute Gasteiger partial charge is 0.494 e. The Hall–Kier alpha value is -3.30. The fourth-order valence-electron chi connectivity index (χ4n) is 2.14. The molecule has 0 aliphatic heterocycles. The minimum absolute atomic E-state index is 0.0824. The summed E-state index contributed by atoms with van der Waals surface area (Å²) in [6.45, 7) is 4.02. The molecule has 0 aliphatic carbocycles. The first-order valence-corrected chi connectivity index (χ1v) is 6.83. The normalized spacial score (nSPS) is 10.7. The van der Waals surface area contributed by atoms with Crippen LogP contribution in [0.4, 0.5) is 17.2 Å². The van der Waals surface area contributed by atoms with Crippen LogP contribution in [0, 0.1) is 17.0 Å². The van der Waals surface area contributed by atoms with Crippen molar-refractivity contribution in [2.75, 3.05) is 11.9 Å². The average Bonchev–Trinajstić information content (AvgIpc) is 2.98. The number of aryl methyl sites for hydroxylation is 1. The van der Waals surface area contributed by atoms with Crippen LogP contribution < -0.4 is 10.1 Å². The first-order chi connectivity index (χ1) is 11.1. The lowest BCUT2D eigenvalue weighted by Crippen LogP contribution is -2.07. The van der Waals surface area contributed by atoms with E-state index in [-0.39, 0.29) is 17.3 Å². The summed E-state index contributed by atoms with van der Waals surface area (Å²) in [7, 11) is 0. The first-order valence-electron chi connectivity index (χ1n) is 6.83. The molecule has 10 nitrogen and oxygen atoms in total. The van der Waals surface area contributed by atoms with Crippen molar-refractivity contribution in [1.82, 2.24) is 25.0 Å². The van der Waals surface area contributed by atoms with E-state index in [1.165, 1.54) is 4.52 Å². The molecular formula is C13H13N7O3. The van der Waals surface area contributed by atoms with Gasteiger partial charge in [-0.3, -0.25) is 10.1 Å². The molecule has 2 heterocycles. The number of tetrazole rings is 1. The summed E-state index contributed by atoms with van der Waals surface area (Å²) >= 11 is 0. The number of nitro groups is 1. The maximum atomic E-state index is 11.4. The molecule has 1 N–H and O–H groups in total. The maximum absolute atomic E-state index is 11.4. The highest BCUT2D eigenvalue weighted by molar-refractivity contribution is 5.69. The van der Waals surface area contributed by atoms with Crippen LogP contribution in [0.15, 0.2) is 24.3 Å². The number of hydrogen-bond donors (Lipinski definition) is 1. The van der Waals surface area contributed by atoms with Crippen molar-refractivity contribution in [1.29, 1.82) is 0 Å². The molecule has 3 aromatic rings. The highest BCUT2D eigenvalue weighted by Crippen LogP contribution is 2.29. The van der Waals surface area contributed by atoms with Gasteiger partial charge in [-0.25, -0.2) is 0 Å². The Labute approximate surface area is 130 Å². The molecular weight excluding hydrogens is 302 g/mol. The number of hydrogen-bond acceptors (Lipinski definition) is 8. The third-order valence-corrected chi connectivity index (χ3v) is 3.16. The van der Waals surface area contributed by atoms with Gasteiger partial charge in [0.1, 0.15) is 11.4 Å². The summed E-state index contributed by atoms with van der Waals surface area (Å²) in [6, 6.07) is 7.03. The van der Waals surface area contributed by atoms with E-state index in [4.69, 9.17) is 4.74 Å². The van der Waals surface area contributed by atoms with Gasteiger partial charge >= 0.3 is 5.69 Å². The molecule has 118 valence electrons. The van der Waals surface area contributed by atoms with E-state index in [2.05, 4.69) is 25.8 Å². The molecule has 3 rings (SSSR count). The van der Waals surface area contributed by atoms with E-state index in [0.717, 1.165) is 0 Å². The van der Waals surface area contributed by atoms with Crippen LogP contribution in [0.5, 0.6) is 5.75 Å². The summed E-state index contributed by atoms with van der Waals surface area (Å²) in [5, 5.41) is 25.2. The van der Waals surface area contributed by atoms with Crippen molar-refractivity contribution >= 4 is 23.0 Å². The van der Waals surface area contributed by atoms with Gasteiger partial charge in [-0.1, -0.05) is 5.10 Å². The quantitative estimate of drug-likeness (QED) is 0.559. The van der Waals surface area contributed by atoms with Gasteiger partial charge in [0.15, 0.2) is 0 Å². The number of nitrogens with one attached hydrogen (secondary N) is 1. The summed E-state index contributed by atoms with van der Waals surface area (Å²) < 4.78 is 6.58. The molecule has 10 heteroatoms. The monoisotopic (exact) mass is 315 g/mol. The van der Waals surface area contributed by atoms with Gasteiger partial charge in [0, 0.05) is 5.69 Å². The van der Waals surface area contributed by atoms with Gasteiger partial charge in [-0.05, 0) is 48.5 Å². The molecule has 2 aromatic heterocycles. The standard InChI is InChI=1S/C13H13N7O3/c1-3-23-10-6-4-9(5-7-10)14-12-11(20(21)22)8(2)19-13(15-12)16-17-18-19/h4-7H,3H2,1-2H3,(H,14,15,16,18). The second-order valence-electron chi connectivity index (χ2n) is 4.62. The van der Waals surface area contributed by atoms with Crippen LogP contribution in [0.25, 0.3) is 5.78 Å². The second kappa shape index (κ2) is 5.83. The summed E-state index contributed by atoms with van der Waals surface area (Å²) in [5.41, 5.74) is 0.748. The van der Waals surface area contributed by atoms with Crippen LogP contribution in [0.2, 0.25) is 0 Å². The van der Waals surface area contributed by atoms with Gasteiger partial charge in [0.2, 0.25) is 5.82 Å². The lowest BCUT2D eigenvalue weighted by atomic mass is 10.3. The van der Waals surface area contributed by atoms with Crippen LogP contribution in [-0.4, -0.2) is 36.6 Å². The molecule has 0 spiro atoms. The Bertz CT molecular complexity index is 860. The zero-order chi connectivity index (χ0) is 16.4. The van der Waals surface area contributed by atoms with E-state index in [1.807, 2.05) is 6.92 Å². The van der Waals surface area contributed by atoms with E-state index in [1.54, 1.807) is 31.2 Å². The number of benzene rings is 1. The van der Waals surface area contributed by atoms with E-state index in [0.29, 0.717) is 23.7 Å². The SMILES string of the molecule is CCOc1ccc(Nc2nc3nnnn3c(C)c2[N+](=O)[O-])cc1. The Kier molecular flexibility index (Phi) is 3.71. The molecule has 23 heavy (non-hydrogen) atoms. The van der Waals surface area contributed by atoms with E-state index < -0.39 is 4.92 Å². The first kappa shape index (κ1) is 14.6. The number of fused-ring (bicyclic) bond motifs is 1. The Morgan fingerprint density at radius 1 is 1.35 bits per heavy atom. The molecule has 0 aliphatic rings. The van der Waals surface area contributed by atoms with Crippen molar-refractivity contribution in [3.8, 4) is 5.75 Å². The van der Waals surface area contributed by atoms with Crippen molar-refractivity contribution in [3.63, 3.8) is 0 Å². The minimum Gasteiger partial charge on any atom is -0.494 e. The lowest BCUT2D eigenvalue weighted by molar-refractivity contribution is -0.385. The van der Waals surface area contributed by atoms with Gasteiger partial charge in [-0.2, -0.15) is 9.50 Å². The smallest absolute Gasteiger partial charge is 0.332 e. The van der Waals surface area contributed by atoms with Crippen LogP contribution in [0.1, 0.15) is 12.6 Å². The van der Waals surface area contributed by atoms with Crippen LogP contribution in [0.3, 0.4) is 0 Å². The summed E-state index contributed by atoms with van der Waals surface area (Å²) in [6.07, 6.45) is 0. The van der Waals surface area contributed by atoms with Crippen molar-refractivity contribution < 1.29 is 9.66 Å².